The molecule has 10 heteroatoms. The van der Waals surface area contributed by atoms with Crippen LogP contribution in [0.15, 0.2) is 52.2 Å². The third-order valence-electron chi connectivity index (χ3n) is 7.03. The van der Waals surface area contributed by atoms with Gasteiger partial charge in [0, 0.05) is 51.1 Å². The van der Waals surface area contributed by atoms with Gasteiger partial charge in [0.15, 0.2) is 0 Å². The first kappa shape index (κ1) is 28.6. The van der Waals surface area contributed by atoms with Gasteiger partial charge in [-0.15, -0.1) is 0 Å². The summed E-state index contributed by atoms with van der Waals surface area (Å²) in [5.41, 5.74) is 2.95. The molecule has 2 heterocycles. The van der Waals surface area contributed by atoms with Crippen LogP contribution >= 0.6 is 0 Å². The monoisotopic (exact) mass is 556 g/mol. The second-order valence-electron chi connectivity index (χ2n) is 10.3. The number of nitrogens with one attached hydrogen (secondary N) is 1. The summed E-state index contributed by atoms with van der Waals surface area (Å²) in [5, 5.41) is 3.38. The molecule has 1 aliphatic carbocycles. The van der Waals surface area contributed by atoms with Crippen molar-refractivity contribution in [2.24, 2.45) is 7.05 Å². The number of carbonyl (C=O) groups excluding carboxylic acids is 1. The van der Waals surface area contributed by atoms with Crippen LogP contribution in [0.1, 0.15) is 42.5 Å². The first-order valence-electron chi connectivity index (χ1n) is 13.2. The number of anilines is 2. The topological polar surface area (TPSA) is 83.9 Å². The number of aryl methyl sites for hydroxylation is 2. The normalized spacial score (nSPS) is 16.8. The highest BCUT2D eigenvalue weighted by atomic mass is 32.2. The van der Waals surface area contributed by atoms with Gasteiger partial charge in [0.2, 0.25) is 0 Å². The first-order chi connectivity index (χ1) is 18.5. The van der Waals surface area contributed by atoms with Crippen molar-refractivity contribution in [2.75, 3.05) is 42.7 Å². The Morgan fingerprint density at radius 3 is 2.41 bits per heavy atom. The molecule has 1 saturated carbocycles. The number of carbonyl (C=O) groups is 1. The number of halogens is 1. The van der Waals surface area contributed by atoms with Crippen molar-refractivity contribution in [3.8, 4) is 0 Å². The Morgan fingerprint density at radius 2 is 1.77 bits per heavy atom. The van der Waals surface area contributed by atoms with Gasteiger partial charge in [0.25, 0.3) is 5.56 Å². The molecular formula is C29H37FN4O4S. The predicted molar refractivity (Wildman–Crippen MR) is 153 cm³/mol. The molecule has 0 bridgehead atoms. The van der Waals surface area contributed by atoms with Crippen LogP contribution in [0.2, 0.25) is 0 Å². The average molecular weight is 557 g/mol. The number of benzene rings is 1. The van der Waals surface area contributed by atoms with E-state index in [1.54, 1.807) is 29.5 Å². The Hall–Kier alpha value is -3.40. The molecule has 2 aromatic rings. The summed E-state index contributed by atoms with van der Waals surface area (Å²) in [5.74, 6) is 0.298. The fraction of sp³-hybridized carbons (Fsp3) is 0.448. The molecule has 4 rings (SSSR count). The number of ether oxygens (including phenoxy) is 1. The lowest BCUT2D eigenvalue weighted by atomic mass is 10.1. The minimum absolute atomic E-state index is 0.0639. The Kier molecular flexibility index (Phi) is 8.94. The van der Waals surface area contributed by atoms with E-state index in [0.717, 1.165) is 29.8 Å². The van der Waals surface area contributed by atoms with Crippen LogP contribution < -0.4 is 15.8 Å². The molecule has 8 nitrogen and oxygen atoms in total. The molecule has 2 atom stereocenters. The molecule has 0 spiro atoms. The zero-order valence-electron chi connectivity index (χ0n) is 23.2. The van der Waals surface area contributed by atoms with Crippen molar-refractivity contribution in [1.29, 1.82) is 0 Å². The second kappa shape index (κ2) is 12.2. The molecule has 2 aliphatic rings. The maximum Gasteiger partial charge on any atom is 0.410 e. The van der Waals surface area contributed by atoms with Gasteiger partial charge in [-0.05, 0) is 63.4 Å². The van der Waals surface area contributed by atoms with Gasteiger partial charge >= 0.3 is 6.09 Å². The third kappa shape index (κ3) is 7.17. The Balaban J connectivity index is 1.67. The molecule has 1 saturated heterocycles. The Bertz CT molecular complexity index is 1380. The van der Waals surface area contributed by atoms with Crippen molar-refractivity contribution in [1.82, 2.24) is 9.47 Å². The maximum atomic E-state index is 13.8. The lowest BCUT2D eigenvalue weighted by Gasteiger charge is -2.35. The average Bonchev–Trinajstić information content (AvgIpc) is 3.72. The van der Waals surface area contributed by atoms with Gasteiger partial charge < -0.3 is 19.9 Å². The maximum absolute atomic E-state index is 13.8. The van der Waals surface area contributed by atoms with Gasteiger partial charge in [0.05, 0.1) is 21.4 Å². The van der Waals surface area contributed by atoms with Crippen molar-refractivity contribution in [2.45, 2.75) is 50.7 Å². The number of hydrogen-bond donors (Lipinski definition) is 1. The van der Waals surface area contributed by atoms with Gasteiger partial charge in [0.1, 0.15) is 17.7 Å². The molecule has 1 aliphatic heterocycles. The van der Waals surface area contributed by atoms with Gasteiger partial charge in [-0.2, -0.15) is 0 Å². The van der Waals surface area contributed by atoms with Crippen LogP contribution in [-0.4, -0.2) is 58.3 Å². The smallest absolute Gasteiger partial charge is 0.410 e. The van der Waals surface area contributed by atoms with Crippen LogP contribution in [0.5, 0.6) is 0 Å². The van der Waals surface area contributed by atoms with Crippen LogP contribution in [0.3, 0.4) is 0 Å². The van der Waals surface area contributed by atoms with Crippen molar-refractivity contribution >= 4 is 28.4 Å². The number of piperazine rings is 1. The summed E-state index contributed by atoms with van der Waals surface area (Å²) in [7, 11) is 0.394. The first-order valence-corrected chi connectivity index (χ1v) is 14.8. The molecule has 1 aromatic heterocycles. The quantitative estimate of drug-likeness (QED) is 0.560. The molecule has 2 fully saturated rings. The molecule has 1 unspecified atom stereocenters. The van der Waals surface area contributed by atoms with Gasteiger partial charge in [-0.3, -0.25) is 13.6 Å². The lowest BCUT2D eigenvalue weighted by molar-refractivity contribution is 0.0938. The molecule has 1 amide bonds. The zero-order valence-corrected chi connectivity index (χ0v) is 24.0. The number of amides is 1. The molecular weight excluding hydrogens is 519 g/mol. The van der Waals surface area contributed by atoms with E-state index in [-0.39, 0.29) is 23.8 Å². The van der Waals surface area contributed by atoms with E-state index < -0.39 is 16.6 Å². The molecule has 39 heavy (non-hydrogen) atoms. The van der Waals surface area contributed by atoms with E-state index in [2.05, 4.69) is 10.2 Å². The summed E-state index contributed by atoms with van der Waals surface area (Å²) in [6, 6.07) is 11.8. The van der Waals surface area contributed by atoms with E-state index in [9.17, 15) is 18.2 Å². The minimum atomic E-state index is -1.37. The van der Waals surface area contributed by atoms with Crippen LogP contribution in [0, 0.1) is 19.7 Å². The van der Waals surface area contributed by atoms with E-state index in [0.29, 0.717) is 42.3 Å². The molecule has 210 valence electrons. The zero-order chi connectivity index (χ0) is 28.3. The summed E-state index contributed by atoms with van der Waals surface area (Å²) in [4.78, 5) is 29.9. The molecule has 1 aromatic carbocycles. The van der Waals surface area contributed by atoms with Crippen molar-refractivity contribution in [3.05, 3.63) is 75.3 Å². The third-order valence-corrected chi connectivity index (χ3v) is 7.99. The highest BCUT2D eigenvalue weighted by molar-refractivity contribution is 7.84. The van der Waals surface area contributed by atoms with Crippen molar-refractivity contribution < 1.29 is 18.1 Å². The standard InChI is InChI=1S/C29H37FN4O4S/c1-19-16-20(2)28(35)32(4)27(33-12-14-34(15-13-33)29(36)38-24-8-9-24)11-6-22(17-19)21(3)31-25-10-7-23(30)18-26(25)39(5)37/h6-7,10-11,16-18,21,24,31H,8-9,12-15H2,1-5H3/t21-,39?/m1/s1. The van der Waals surface area contributed by atoms with Gasteiger partial charge in [-0.1, -0.05) is 23.8 Å². The number of nitrogens with zero attached hydrogens (tertiary/aromatic N) is 3. The minimum Gasteiger partial charge on any atom is -0.446 e. The summed E-state index contributed by atoms with van der Waals surface area (Å²) >= 11 is 0. The van der Waals surface area contributed by atoms with E-state index in [4.69, 9.17) is 4.74 Å². The summed E-state index contributed by atoms with van der Waals surface area (Å²) in [6.45, 7) is 7.87. The SMILES string of the molecule is Cc1cc([C@@H](C)Nc2ccc(F)cc2S(C)=O)ccc(N2CCN(C(=O)OC3CC3)CC2)n(C)c(=O)c(C)c1. The van der Waals surface area contributed by atoms with Crippen molar-refractivity contribution in [3.63, 3.8) is 0 Å². The Labute approximate surface area is 231 Å². The summed E-state index contributed by atoms with van der Waals surface area (Å²) < 4.78 is 33.2. The fourth-order valence-corrected chi connectivity index (χ4v) is 5.40. The Morgan fingerprint density at radius 1 is 1.08 bits per heavy atom. The van der Waals surface area contributed by atoms with Crippen LogP contribution in [-0.2, 0) is 22.6 Å². The highest BCUT2D eigenvalue weighted by Gasteiger charge is 2.30. The molecule has 0 radical (unpaired) electrons. The summed E-state index contributed by atoms with van der Waals surface area (Å²) in [6.07, 6.45) is 3.20. The van der Waals surface area contributed by atoms with E-state index in [1.165, 1.54) is 18.4 Å². The van der Waals surface area contributed by atoms with Crippen LogP contribution in [0.25, 0.3) is 0 Å². The number of aromatic nitrogens is 1. The lowest BCUT2D eigenvalue weighted by Crippen LogP contribution is -2.50. The predicted octanol–water partition coefficient (Wildman–Crippen LogP) is 4.60. The van der Waals surface area contributed by atoms with E-state index in [1.807, 2.05) is 38.1 Å². The number of rotatable bonds is 6. The molecule has 1 N–H and O–H groups in total. The number of hydrogen-bond acceptors (Lipinski definition) is 6. The highest BCUT2D eigenvalue weighted by Crippen LogP contribution is 2.27. The van der Waals surface area contributed by atoms with Crippen LogP contribution in [0.4, 0.5) is 20.7 Å². The van der Waals surface area contributed by atoms with E-state index >= 15 is 0 Å². The second-order valence-corrected chi connectivity index (χ2v) is 11.6. The van der Waals surface area contributed by atoms with Gasteiger partial charge in [-0.25, -0.2) is 9.18 Å². The fourth-order valence-electron chi connectivity index (χ4n) is 4.68. The largest absolute Gasteiger partial charge is 0.446 e.